The van der Waals surface area contributed by atoms with Crippen LogP contribution in [0.25, 0.3) is 21.5 Å². The number of aromatic nitrogens is 2. The second-order valence-corrected chi connectivity index (χ2v) is 12.1. The van der Waals surface area contributed by atoms with Crippen LogP contribution in [-0.4, -0.2) is 60.1 Å². The Bertz CT molecular complexity index is 1440. The van der Waals surface area contributed by atoms with Gasteiger partial charge < -0.3 is 19.3 Å². The van der Waals surface area contributed by atoms with Gasteiger partial charge in [0.2, 0.25) is 0 Å². The average molecular weight is 613 g/mol. The second kappa shape index (κ2) is 17.3. The van der Waals surface area contributed by atoms with Crippen LogP contribution in [0.15, 0.2) is 60.9 Å². The summed E-state index contributed by atoms with van der Waals surface area (Å²) in [7, 11) is 6.72. The summed E-state index contributed by atoms with van der Waals surface area (Å²) in [5.74, 6) is 1.16. The largest absolute Gasteiger partial charge is 0.414 e. The third-order valence-corrected chi connectivity index (χ3v) is 8.15. The molecule has 0 fully saturated rings. The summed E-state index contributed by atoms with van der Waals surface area (Å²) < 4.78 is 11.1. The number of hydrogen-bond donors (Lipinski definition) is 0. The van der Waals surface area contributed by atoms with Gasteiger partial charge in [0, 0.05) is 73.5 Å². The molecule has 0 unspecified atom stereocenters. The van der Waals surface area contributed by atoms with Gasteiger partial charge in [-0.15, -0.1) is 0 Å². The van der Waals surface area contributed by atoms with Crippen molar-refractivity contribution in [3.05, 3.63) is 72.3 Å². The Morgan fingerprint density at radius 1 is 0.511 bits per heavy atom. The monoisotopic (exact) mass is 612 g/mol. The molecule has 0 atom stereocenters. The molecule has 8 nitrogen and oxygen atoms in total. The van der Waals surface area contributed by atoms with E-state index in [-0.39, 0.29) is 12.2 Å². The summed E-state index contributed by atoms with van der Waals surface area (Å²) in [4.78, 5) is 36.2. The lowest BCUT2D eigenvalue weighted by atomic mass is 10.0. The third-order valence-electron chi connectivity index (χ3n) is 8.15. The molecule has 0 radical (unpaired) electrons. The summed E-state index contributed by atoms with van der Waals surface area (Å²) in [6.45, 7) is 0. The van der Waals surface area contributed by atoms with Gasteiger partial charge in [0.1, 0.15) is 11.5 Å². The Kier molecular flexibility index (Phi) is 13.0. The molecule has 0 N–H and O–H groups in total. The highest BCUT2D eigenvalue weighted by atomic mass is 16.6. The SMILES string of the molecule is CN(C)C(=O)Oc1cccc2c(CCCCCCCCCCCCCc3nccc4c(OC(=O)N(C)C)cccc34)nccc12. The van der Waals surface area contributed by atoms with Crippen LogP contribution in [0, 0.1) is 0 Å². The van der Waals surface area contributed by atoms with E-state index in [9.17, 15) is 9.59 Å². The molecule has 0 saturated heterocycles. The highest BCUT2D eigenvalue weighted by Gasteiger charge is 2.13. The van der Waals surface area contributed by atoms with Crippen molar-refractivity contribution < 1.29 is 19.1 Å². The van der Waals surface area contributed by atoms with Crippen molar-refractivity contribution in [3.63, 3.8) is 0 Å². The molecule has 0 bridgehead atoms. The van der Waals surface area contributed by atoms with Crippen LogP contribution in [0.1, 0.15) is 82.0 Å². The zero-order chi connectivity index (χ0) is 32.0. The van der Waals surface area contributed by atoms with Crippen LogP contribution in [0.5, 0.6) is 11.5 Å². The molecule has 0 aliphatic rings. The first-order valence-corrected chi connectivity index (χ1v) is 16.4. The van der Waals surface area contributed by atoms with Gasteiger partial charge in [0.25, 0.3) is 0 Å². The number of benzene rings is 2. The number of carbonyl (C=O) groups excluding carboxylic acids is 2. The molecule has 4 rings (SSSR count). The van der Waals surface area contributed by atoms with E-state index in [1.807, 2.05) is 48.8 Å². The summed E-state index contributed by atoms with van der Waals surface area (Å²) in [6.07, 6.45) is 18.3. The van der Waals surface area contributed by atoms with Crippen LogP contribution in [0.2, 0.25) is 0 Å². The van der Waals surface area contributed by atoms with Crippen LogP contribution in [-0.2, 0) is 12.8 Å². The van der Waals surface area contributed by atoms with Crippen molar-refractivity contribution in [1.29, 1.82) is 0 Å². The minimum atomic E-state index is -0.377. The smallest absolute Gasteiger partial charge is 0.410 e. The van der Waals surface area contributed by atoms with Crippen LogP contribution in [0.4, 0.5) is 9.59 Å². The molecule has 0 spiro atoms. The molecule has 240 valence electrons. The number of hydrogen-bond acceptors (Lipinski definition) is 6. The molecule has 0 aliphatic carbocycles. The molecule has 0 aliphatic heterocycles. The number of nitrogens with zero attached hydrogens (tertiary/aromatic N) is 4. The predicted octanol–water partition coefficient (Wildman–Crippen LogP) is 8.98. The Hall–Kier alpha value is -4.20. The molecule has 2 aromatic heterocycles. The van der Waals surface area contributed by atoms with Gasteiger partial charge in [0.05, 0.1) is 0 Å². The summed E-state index contributed by atoms with van der Waals surface area (Å²) >= 11 is 0. The van der Waals surface area contributed by atoms with Crippen molar-refractivity contribution in [2.45, 2.75) is 83.5 Å². The third kappa shape index (κ3) is 9.90. The molecule has 2 amide bonds. The normalized spacial score (nSPS) is 11.1. The zero-order valence-electron chi connectivity index (χ0n) is 27.4. The number of rotatable bonds is 16. The summed E-state index contributed by atoms with van der Waals surface area (Å²) in [5, 5.41) is 3.99. The number of fused-ring (bicyclic) bond motifs is 2. The van der Waals surface area contributed by atoms with E-state index < -0.39 is 0 Å². The van der Waals surface area contributed by atoms with Crippen LogP contribution in [0.3, 0.4) is 0 Å². The number of pyridine rings is 2. The van der Waals surface area contributed by atoms with E-state index in [0.29, 0.717) is 11.5 Å². The van der Waals surface area contributed by atoms with Gasteiger partial charge in [-0.2, -0.15) is 0 Å². The van der Waals surface area contributed by atoms with Crippen molar-refractivity contribution in [1.82, 2.24) is 19.8 Å². The number of carbonyl (C=O) groups is 2. The van der Waals surface area contributed by atoms with E-state index in [1.165, 1.54) is 67.6 Å². The second-order valence-electron chi connectivity index (χ2n) is 12.1. The summed E-state index contributed by atoms with van der Waals surface area (Å²) in [6, 6.07) is 15.5. The molecule has 8 heteroatoms. The average Bonchev–Trinajstić information content (AvgIpc) is 3.03. The lowest BCUT2D eigenvalue weighted by Gasteiger charge is -2.13. The van der Waals surface area contributed by atoms with Gasteiger partial charge in [-0.1, -0.05) is 82.1 Å². The highest BCUT2D eigenvalue weighted by Crippen LogP contribution is 2.29. The predicted molar refractivity (Wildman–Crippen MR) is 181 cm³/mol. The van der Waals surface area contributed by atoms with Gasteiger partial charge in [-0.3, -0.25) is 9.97 Å². The molecule has 2 heterocycles. The lowest BCUT2D eigenvalue weighted by Crippen LogP contribution is -2.25. The van der Waals surface area contributed by atoms with Gasteiger partial charge in [-0.05, 0) is 49.9 Å². The fourth-order valence-electron chi connectivity index (χ4n) is 5.60. The maximum absolute atomic E-state index is 12.0. The molecular formula is C37H48N4O4. The Balaban J connectivity index is 1.07. The first-order valence-electron chi connectivity index (χ1n) is 16.4. The van der Waals surface area contributed by atoms with Crippen molar-refractivity contribution >= 4 is 33.7 Å². The van der Waals surface area contributed by atoms with E-state index in [2.05, 4.69) is 22.1 Å². The molecule has 0 saturated carbocycles. The quantitative estimate of drug-likeness (QED) is 0.117. The van der Waals surface area contributed by atoms with E-state index in [4.69, 9.17) is 9.47 Å². The van der Waals surface area contributed by atoms with Gasteiger partial charge in [0.15, 0.2) is 0 Å². The van der Waals surface area contributed by atoms with Gasteiger partial charge >= 0.3 is 12.2 Å². The highest BCUT2D eigenvalue weighted by molar-refractivity contribution is 5.92. The Morgan fingerprint density at radius 2 is 0.867 bits per heavy atom. The van der Waals surface area contributed by atoms with E-state index in [1.54, 1.807) is 28.2 Å². The molecule has 45 heavy (non-hydrogen) atoms. The topological polar surface area (TPSA) is 84.9 Å². The minimum absolute atomic E-state index is 0.377. The van der Waals surface area contributed by atoms with Crippen LogP contribution >= 0.6 is 0 Å². The number of amides is 2. The van der Waals surface area contributed by atoms with Crippen molar-refractivity contribution in [2.24, 2.45) is 0 Å². The number of ether oxygens (including phenoxy) is 2. The van der Waals surface area contributed by atoms with Gasteiger partial charge in [-0.25, -0.2) is 9.59 Å². The minimum Gasteiger partial charge on any atom is -0.410 e. The Labute approximate surface area is 267 Å². The fourth-order valence-corrected chi connectivity index (χ4v) is 5.60. The first kappa shape index (κ1) is 33.7. The zero-order valence-corrected chi connectivity index (χ0v) is 27.4. The van der Waals surface area contributed by atoms with Crippen molar-refractivity contribution in [2.75, 3.05) is 28.2 Å². The molecule has 2 aromatic carbocycles. The maximum Gasteiger partial charge on any atom is 0.414 e. The number of aryl methyl sites for hydroxylation is 2. The van der Waals surface area contributed by atoms with E-state index in [0.717, 1.165) is 58.6 Å². The van der Waals surface area contributed by atoms with E-state index >= 15 is 0 Å². The number of unbranched alkanes of at least 4 members (excludes halogenated alkanes) is 10. The van der Waals surface area contributed by atoms with Crippen LogP contribution < -0.4 is 9.47 Å². The lowest BCUT2D eigenvalue weighted by molar-refractivity contribution is 0.171. The molecule has 4 aromatic rings. The van der Waals surface area contributed by atoms with Crippen molar-refractivity contribution in [3.8, 4) is 11.5 Å². The standard InChI is InChI=1S/C37H48N4O4/c1-40(2)36(42)44-34-22-16-18-28-30(34)24-26-38-32(28)20-14-12-10-8-6-5-7-9-11-13-15-21-33-29-19-17-23-35(31(29)25-27-39-33)45-37(43)41(3)4/h16-19,22-27H,5-15,20-21H2,1-4H3. The fraction of sp³-hybridized carbons (Fsp3) is 0.459. The first-order chi connectivity index (χ1) is 21.8. The maximum atomic E-state index is 12.0. The molecular weight excluding hydrogens is 564 g/mol. The Morgan fingerprint density at radius 3 is 1.22 bits per heavy atom. The summed E-state index contributed by atoms with van der Waals surface area (Å²) in [5.41, 5.74) is 2.14.